The molecule has 1 aliphatic heterocycles. The highest BCUT2D eigenvalue weighted by Crippen LogP contribution is 2.30. The number of carbonyl (C=O) groups excluding carboxylic acids is 1. The zero-order valence-electron chi connectivity index (χ0n) is 17.8. The van der Waals surface area contributed by atoms with Crippen molar-refractivity contribution >= 4 is 49.8 Å². The number of sulfone groups is 1. The van der Waals surface area contributed by atoms with Crippen LogP contribution in [0.15, 0.2) is 53.6 Å². The van der Waals surface area contributed by atoms with E-state index in [0.717, 1.165) is 0 Å². The number of aromatic nitrogens is 1. The molecule has 0 aliphatic carbocycles. The summed E-state index contributed by atoms with van der Waals surface area (Å²) in [6.07, 6.45) is 1.49. The number of para-hydroxylation sites is 1. The SMILES string of the molecule is CC1CN(C(=O)Cn2cc(S(=O)(=O)Cc3ccc(Cl)c(Cl)c3)c3ccccc32)CC(C)O1. The second-order valence-corrected chi connectivity index (χ2v) is 11.0. The Morgan fingerprint density at radius 1 is 1.06 bits per heavy atom. The van der Waals surface area contributed by atoms with Crippen molar-refractivity contribution in [3.8, 4) is 0 Å². The molecule has 2 atom stereocenters. The van der Waals surface area contributed by atoms with Gasteiger partial charge in [0, 0.05) is 30.2 Å². The number of hydrogen-bond donors (Lipinski definition) is 0. The van der Waals surface area contributed by atoms with E-state index in [0.29, 0.717) is 39.6 Å². The smallest absolute Gasteiger partial charge is 0.242 e. The number of nitrogens with zero attached hydrogens (tertiary/aromatic N) is 2. The Bertz CT molecular complexity index is 1260. The molecule has 2 unspecified atom stereocenters. The van der Waals surface area contributed by atoms with Gasteiger partial charge in [-0.1, -0.05) is 47.5 Å². The molecule has 9 heteroatoms. The minimum Gasteiger partial charge on any atom is -0.372 e. The molecule has 1 aromatic heterocycles. The molecule has 0 N–H and O–H groups in total. The van der Waals surface area contributed by atoms with Crippen molar-refractivity contribution in [2.24, 2.45) is 0 Å². The van der Waals surface area contributed by atoms with E-state index in [1.165, 1.54) is 0 Å². The van der Waals surface area contributed by atoms with Crippen LogP contribution in [0, 0.1) is 0 Å². The molecule has 32 heavy (non-hydrogen) atoms. The highest BCUT2D eigenvalue weighted by atomic mass is 35.5. The monoisotopic (exact) mass is 494 g/mol. The topological polar surface area (TPSA) is 68.6 Å². The van der Waals surface area contributed by atoms with E-state index in [4.69, 9.17) is 27.9 Å². The van der Waals surface area contributed by atoms with Gasteiger partial charge in [0.2, 0.25) is 5.91 Å². The van der Waals surface area contributed by atoms with Gasteiger partial charge in [-0.2, -0.15) is 0 Å². The zero-order valence-corrected chi connectivity index (χ0v) is 20.1. The fourth-order valence-electron chi connectivity index (χ4n) is 4.15. The maximum absolute atomic E-state index is 13.3. The lowest BCUT2D eigenvalue weighted by Gasteiger charge is -2.35. The summed E-state index contributed by atoms with van der Waals surface area (Å²) in [4.78, 5) is 15.0. The second-order valence-electron chi connectivity index (χ2n) is 8.20. The Morgan fingerprint density at radius 3 is 2.44 bits per heavy atom. The van der Waals surface area contributed by atoms with E-state index in [2.05, 4.69) is 0 Å². The summed E-state index contributed by atoms with van der Waals surface area (Å²) in [5.41, 5.74) is 1.24. The van der Waals surface area contributed by atoms with Gasteiger partial charge in [0.15, 0.2) is 9.84 Å². The zero-order chi connectivity index (χ0) is 23.0. The standard InChI is InChI=1S/C23H24Cl2N2O4S/c1-15-10-27(11-16(2)31-15)23(28)13-26-12-22(18-5-3-4-6-21(18)26)32(29,30)14-17-7-8-19(24)20(25)9-17/h3-9,12,15-16H,10-11,13-14H2,1-2H3. The van der Waals surface area contributed by atoms with Crippen molar-refractivity contribution in [1.29, 1.82) is 0 Å². The number of fused-ring (bicyclic) bond motifs is 1. The quantitative estimate of drug-likeness (QED) is 0.521. The molecule has 170 valence electrons. The van der Waals surface area contributed by atoms with E-state index < -0.39 is 9.84 Å². The molecule has 0 radical (unpaired) electrons. The van der Waals surface area contributed by atoms with E-state index in [1.807, 2.05) is 26.0 Å². The van der Waals surface area contributed by atoms with Crippen molar-refractivity contribution in [1.82, 2.24) is 9.47 Å². The van der Waals surface area contributed by atoms with E-state index in [1.54, 1.807) is 46.0 Å². The van der Waals surface area contributed by atoms with Gasteiger partial charge in [-0.05, 0) is 37.6 Å². The molecular formula is C23H24Cl2N2O4S. The van der Waals surface area contributed by atoms with Crippen molar-refractivity contribution in [3.05, 3.63) is 64.3 Å². The average Bonchev–Trinajstić information content (AvgIpc) is 3.09. The van der Waals surface area contributed by atoms with Gasteiger partial charge in [0.05, 0.1) is 32.9 Å². The van der Waals surface area contributed by atoms with Crippen LogP contribution in [0.5, 0.6) is 0 Å². The number of carbonyl (C=O) groups is 1. The largest absolute Gasteiger partial charge is 0.372 e. The molecule has 1 amide bonds. The average molecular weight is 495 g/mol. The summed E-state index contributed by atoms with van der Waals surface area (Å²) in [6, 6.07) is 12.0. The molecule has 4 rings (SSSR count). The molecule has 1 saturated heterocycles. The number of halogens is 2. The molecule has 6 nitrogen and oxygen atoms in total. The summed E-state index contributed by atoms with van der Waals surface area (Å²) in [7, 11) is -3.69. The summed E-state index contributed by atoms with van der Waals surface area (Å²) in [5.74, 6) is -0.286. The van der Waals surface area contributed by atoms with E-state index in [9.17, 15) is 13.2 Å². The summed E-state index contributed by atoms with van der Waals surface area (Å²) in [5, 5.41) is 1.26. The molecule has 2 heterocycles. The lowest BCUT2D eigenvalue weighted by molar-refractivity contribution is -0.143. The number of morpholine rings is 1. The van der Waals surface area contributed by atoms with Crippen LogP contribution < -0.4 is 0 Å². The Kier molecular flexibility index (Phi) is 6.54. The molecule has 2 aromatic carbocycles. The third-order valence-electron chi connectivity index (χ3n) is 5.51. The van der Waals surface area contributed by atoms with Crippen molar-refractivity contribution in [2.45, 2.75) is 43.2 Å². The maximum atomic E-state index is 13.3. The van der Waals surface area contributed by atoms with Gasteiger partial charge in [-0.25, -0.2) is 8.42 Å². The third-order valence-corrected chi connectivity index (χ3v) is 7.95. The molecule has 1 aliphatic rings. The van der Waals surface area contributed by atoms with E-state index in [-0.39, 0.29) is 35.3 Å². The first-order valence-electron chi connectivity index (χ1n) is 10.3. The van der Waals surface area contributed by atoms with E-state index >= 15 is 0 Å². The first-order valence-corrected chi connectivity index (χ1v) is 12.7. The van der Waals surface area contributed by atoms with Crippen LogP contribution in [0.4, 0.5) is 0 Å². The van der Waals surface area contributed by atoms with Gasteiger partial charge in [0.25, 0.3) is 0 Å². The lowest BCUT2D eigenvalue weighted by Crippen LogP contribution is -2.49. The van der Waals surface area contributed by atoms with Gasteiger partial charge < -0.3 is 14.2 Å². The van der Waals surface area contributed by atoms with Crippen LogP contribution in [-0.2, 0) is 31.7 Å². The molecule has 3 aromatic rings. The van der Waals surface area contributed by atoms with Gasteiger partial charge in [0.1, 0.15) is 6.54 Å². The van der Waals surface area contributed by atoms with Crippen LogP contribution in [0.3, 0.4) is 0 Å². The highest BCUT2D eigenvalue weighted by Gasteiger charge is 2.27. The van der Waals surface area contributed by atoms with Crippen LogP contribution in [0.2, 0.25) is 10.0 Å². The van der Waals surface area contributed by atoms with Crippen LogP contribution in [0.25, 0.3) is 10.9 Å². The molecule has 0 saturated carbocycles. The normalized spacial score (nSPS) is 19.4. The van der Waals surface area contributed by atoms with Crippen molar-refractivity contribution in [3.63, 3.8) is 0 Å². The highest BCUT2D eigenvalue weighted by molar-refractivity contribution is 7.90. The van der Waals surface area contributed by atoms with Crippen molar-refractivity contribution < 1.29 is 17.9 Å². The Balaban J connectivity index is 1.65. The minimum atomic E-state index is -3.69. The summed E-state index contributed by atoms with van der Waals surface area (Å²) < 4.78 is 34.0. The number of rotatable bonds is 5. The fraction of sp³-hybridized carbons (Fsp3) is 0.348. The van der Waals surface area contributed by atoms with Crippen LogP contribution >= 0.6 is 23.2 Å². The van der Waals surface area contributed by atoms with Gasteiger partial charge >= 0.3 is 0 Å². The van der Waals surface area contributed by atoms with Crippen LogP contribution in [-0.4, -0.2) is 49.1 Å². The summed E-state index contributed by atoms with van der Waals surface area (Å²) >= 11 is 12.0. The number of benzene rings is 2. The van der Waals surface area contributed by atoms with Crippen LogP contribution in [0.1, 0.15) is 19.4 Å². The first-order chi connectivity index (χ1) is 15.1. The maximum Gasteiger partial charge on any atom is 0.242 e. The number of ether oxygens (including phenoxy) is 1. The van der Waals surface area contributed by atoms with Crippen molar-refractivity contribution in [2.75, 3.05) is 13.1 Å². The fourth-order valence-corrected chi connectivity index (χ4v) is 6.04. The predicted octanol–water partition coefficient (Wildman–Crippen LogP) is 4.56. The lowest BCUT2D eigenvalue weighted by atomic mass is 10.2. The number of hydrogen-bond acceptors (Lipinski definition) is 4. The Morgan fingerprint density at radius 2 is 1.75 bits per heavy atom. The Hall–Kier alpha value is -2.06. The molecule has 0 bridgehead atoms. The molecular weight excluding hydrogens is 471 g/mol. The number of amides is 1. The predicted molar refractivity (Wildman–Crippen MR) is 126 cm³/mol. The Labute approximate surface area is 197 Å². The van der Waals surface area contributed by atoms with Gasteiger partial charge in [-0.15, -0.1) is 0 Å². The molecule has 0 spiro atoms. The second kappa shape index (κ2) is 9.06. The third kappa shape index (κ3) is 4.81. The minimum absolute atomic E-state index is 0.0359. The van der Waals surface area contributed by atoms with Gasteiger partial charge in [-0.3, -0.25) is 4.79 Å². The molecule has 1 fully saturated rings. The summed E-state index contributed by atoms with van der Waals surface area (Å²) in [6.45, 7) is 4.97. The first kappa shape index (κ1) is 23.1.